The Kier molecular flexibility index (Phi) is 4.90. The average Bonchev–Trinajstić information content (AvgIpc) is 2.68. The van der Waals surface area contributed by atoms with Crippen molar-refractivity contribution < 1.29 is 19.2 Å². The van der Waals surface area contributed by atoms with Crippen molar-refractivity contribution in [2.24, 2.45) is 0 Å². The second-order valence-corrected chi connectivity index (χ2v) is 6.88. The van der Waals surface area contributed by atoms with Crippen LogP contribution in [0.2, 0.25) is 0 Å². The number of aliphatic hydroxyl groups excluding tert-OH is 1. The molecule has 0 aromatic heterocycles. The maximum Gasteiger partial charge on any atom is 0.498 e. The van der Waals surface area contributed by atoms with Crippen molar-refractivity contribution in [1.82, 2.24) is 0 Å². The molecule has 0 radical (unpaired) electrons. The molecule has 1 saturated heterocycles. The van der Waals surface area contributed by atoms with Gasteiger partial charge in [0, 0.05) is 18.0 Å². The van der Waals surface area contributed by atoms with Crippen LogP contribution in [-0.2, 0) is 9.31 Å². The number of aliphatic hydroxyl groups is 1. The summed E-state index contributed by atoms with van der Waals surface area (Å²) in [4.78, 5) is 0. The molecular formula is C17H27BO4. The maximum absolute atomic E-state index is 9.53. The van der Waals surface area contributed by atoms with E-state index in [9.17, 15) is 5.11 Å². The molecule has 1 aliphatic rings. The van der Waals surface area contributed by atoms with Crippen LogP contribution < -0.4 is 10.2 Å². The number of benzene rings is 1. The summed E-state index contributed by atoms with van der Waals surface area (Å²) >= 11 is 0. The Hall–Kier alpha value is -1.04. The van der Waals surface area contributed by atoms with Gasteiger partial charge in [0.25, 0.3) is 0 Å². The third kappa shape index (κ3) is 3.03. The monoisotopic (exact) mass is 306 g/mol. The van der Waals surface area contributed by atoms with Crippen LogP contribution in [0.4, 0.5) is 0 Å². The van der Waals surface area contributed by atoms with Crippen molar-refractivity contribution in [3.63, 3.8) is 0 Å². The van der Waals surface area contributed by atoms with E-state index < -0.39 is 7.12 Å². The van der Waals surface area contributed by atoms with E-state index in [4.69, 9.17) is 14.0 Å². The molecule has 1 fully saturated rings. The van der Waals surface area contributed by atoms with Gasteiger partial charge in [-0.15, -0.1) is 0 Å². The third-order valence-corrected chi connectivity index (χ3v) is 4.95. The second-order valence-electron chi connectivity index (χ2n) is 6.88. The van der Waals surface area contributed by atoms with Gasteiger partial charge in [-0.3, -0.25) is 0 Å². The second kappa shape index (κ2) is 6.22. The molecule has 0 amide bonds. The molecule has 1 heterocycles. The standard InChI is InChI=1S/C17H27BO4/c1-7-12(11-19)13-8-9-15(20-6)14(10-13)18-21-16(2,3)17(4,5)22-18/h8-10,12,19H,7,11H2,1-6H3. The zero-order valence-corrected chi connectivity index (χ0v) is 14.5. The molecule has 1 aromatic carbocycles. The van der Waals surface area contributed by atoms with Gasteiger partial charge in [0.15, 0.2) is 0 Å². The van der Waals surface area contributed by atoms with Gasteiger partial charge in [-0.05, 0) is 45.7 Å². The van der Waals surface area contributed by atoms with Crippen LogP contribution in [0.5, 0.6) is 5.75 Å². The number of hydrogen-bond acceptors (Lipinski definition) is 4. The molecule has 4 nitrogen and oxygen atoms in total. The molecule has 1 aliphatic heterocycles. The van der Waals surface area contributed by atoms with E-state index in [1.807, 2.05) is 45.9 Å². The van der Waals surface area contributed by atoms with Crippen molar-refractivity contribution in [1.29, 1.82) is 0 Å². The highest BCUT2D eigenvalue weighted by Gasteiger charge is 2.52. The Morgan fingerprint density at radius 2 is 1.77 bits per heavy atom. The highest BCUT2D eigenvalue weighted by atomic mass is 16.7. The predicted molar refractivity (Wildman–Crippen MR) is 88.8 cm³/mol. The first-order chi connectivity index (χ1) is 10.3. The SMILES string of the molecule is CCC(CO)c1ccc(OC)c(B2OC(C)(C)C(C)(C)O2)c1. The van der Waals surface area contributed by atoms with E-state index in [0.717, 1.165) is 23.2 Å². The molecule has 1 atom stereocenters. The molecule has 0 saturated carbocycles. The third-order valence-electron chi connectivity index (χ3n) is 4.95. The average molecular weight is 306 g/mol. The van der Waals surface area contributed by atoms with Crippen LogP contribution in [0.1, 0.15) is 52.5 Å². The summed E-state index contributed by atoms with van der Waals surface area (Å²) in [7, 11) is 1.18. The van der Waals surface area contributed by atoms with Crippen LogP contribution in [0.15, 0.2) is 18.2 Å². The summed E-state index contributed by atoms with van der Waals surface area (Å²) in [6.07, 6.45) is 0.881. The highest BCUT2D eigenvalue weighted by Crippen LogP contribution is 2.37. The van der Waals surface area contributed by atoms with Gasteiger partial charge in [-0.1, -0.05) is 19.1 Å². The van der Waals surface area contributed by atoms with Crippen LogP contribution in [-0.4, -0.2) is 37.1 Å². The fraction of sp³-hybridized carbons (Fsp3) is 0.647. The molecular weight excluding hydrogens is 279 g/mol. The fourth-order valence-electron chi connectivity index (χ4n) is 2.63. The number of ether oxygens (including phenoxy) is 1. The van der Waals surface area contributed by atoms with E-state index in [-0.39, 0.29) is 23.7 Å². The fourth-order valence-corrected chi connectivity index (χ4v) is 2.63. The van der Waals surface area contributed by atoms with Crippen molar-refractivity contribution in [3.05, 3.63) is 23.8 Å². The molecule has 122 valence electrons. The van der Waals surface area contributed by atoms with E-state index >= 15 is 0 Å². The first-order valence-corrected chi connectivity index (χ1v) is 7.90. The summed E-state index contributed by atoms with van der Waals surface area (Å²) in [5.74, 6) is 0.863. The Labute approximate surface area is 133 Å². The zero-order chi connectivity index (χ0) is 16.5. The minimum absolute atomic E-state index is 0.118. The zero-order valence-electron chi connectivity index (χ0n) is 14.5. The number of methoxy groups -OCH3 is 1. The Morgan fingerprint density at radius 1 is 1.18 bits per heavy atom. The van der Waals surface area contributed by atoms with Gasteiger partial charge in [0.05, 0.1) is 18.3 Å². The molecule has 1 unspecified atom stereocenters. The molecule has 0 spiro atoms. The molecule has 1 N–H and O–H groups in total. The first-order valence-electron chi connectivity index (χ1n) is 7.90. The number of hydrogen-bond donors (Lipinski definition) is 1. The molecule has 22 heavy (non-hydrogen) atoms. The smallest absolute Gasteiger partial charge is 0.497 e. The summed E-state index contributed by atoms with van der Waals surface area (Å²) in [5.41, 5.74) is 1.18. The minimum Gasteiger partial charge on any atom is -0.497 e. The number of rotatable bonds is 5. The largest absolute Gasteiger partial charge is 0.498 e. The van der Waals surface area contributed by atoms with Crippen molar-refractivity contribution in [3.8, 4) is 5.75 Å². The van der Waals surface area contributed by atoms with Crippen molar-refractivity contribution >= 4 is 12.6 Å². The van der Waals surface area contributed by atoms with Gasteiger partial charge < -0.3 is 19.2 Å². The van der Waals surface area contributed by atoms with E-state index in [1.54, 1.807) is 7.11 Å². The van der Waals surface area contributed by atoms with E-state index in [1.165, 1.54) is 0 Å². The van der Waals surface area contributed by atoms with Crippen LogP contribution in [0.25, 0.3) is 0 Å². The summed E-state index contributed by atoms with van der Waals surface area (Å²) in [6, 6.07) is 5.96. The van der Waals surface area contributed by atoms with E-state index in [0.29, 0.717) is 0 Å². The normalized spacial score (nSPS) is 21.0. The lowest BCUT2D eigenvalue weighted by Crippen LogP contribution is -2.41. The van der Waals surface area contributed by atoms with Crippen LogP contribution >= 0.6 is 0 Å². The van der Waals surface area contributed by atoms with Gasteiger partial charge in [-0.2, -0.15) is 0 Å². The lowest BCUT2D eigenvalue weighted by atomic mass is 9.76. The van der Waals surface area contributed by atoms with Crippen molar-refractivity contribution in [2.75, 3.05) is 13.7 Å². The molecule has 2 rings (SSSR count). The summed E-state index contributed by atoms with van der Waals surface area (Å²) < 4.78 is 17.7. The quantitative estimate of drug-likeness (QED) is 0.849. The van der Waals surface area contributed by atoms with Crippen LogP contribution in [0.3, 0.4) is 0 Å². The summed E-state index contributed by atoms with van der Waals surface area (Å²) in [6.45, 7) is 10.3. The predicted octanol–water partition coefficient (Wildman–Crippen LogP) is 2.48. The van der Waals surface area contributed by atoms with Gasteiger partial charge in [0.1, 0.15) is 5.75 Å². The van der Waals surface area contributed by atoms with E-state index in [2.05, 4.69) is 6.92 Å². The Bertz CT molecular complexity index is 507. The molecule has 5 heteroatoms. The van der Waals surface area contributed by atoms with Gasteiger partial charge in [-0.25, -0.2) is 0 Å². The van der Waals surface area contributed by atoms with Gasteiger partial charge in [0.2, 0.25) is 0 Å². The molecule has 0 aliphatic carbocycles. The van der Waals surface area contributed by atoms with Crippen LogP contribution in [0, 0.1) is 0 Å². The Morgan fingerprint density at radius 3 is 2.23 bits per heavy atom. The highest BCUT2D eigenvalue weighted by molar-refractivity contribution is 6.63. The lowest BCUT2D eigenvalue weighted by molar-refractivity contribution is 0.00578. The topological polar surface area (TPSA) is 47.9 Å². The minimum atomic E-state index is -0.462. The summed E-state index contributed by atoms with van der Waals surface area (Å²) in [5, 5.41) is 9.53. The first kappa shape index (κ1) is 17.3. The Balaban J connectivity index is 2.39. The van der Waals surface area contributed by atoms with Gasteiger partial charge >= 0.3 is 7.12 Å². The lowest BCUT2D eigenvalue weighted by Gasteiger charge is -2.32. The molecule has 1 aromatic rings. The van der Waals surface area contributed by atoms with Crippen molar-refractivity contribution in [2.45, 2.75) is 58.2 Å². The maximum atomic E-state index is 9.53. The molecule has 0 bridgehead atoms.